The largest absolute Gasteiger partial charge is 0.463 e. The van der Waals surface area contributed by atoms with E-state index in [2.05, 4.69) is 44.0 Å². The molecule has 3 nitrogen and oxygen atoms in total. The normalized spacial score (nSPS) is 20.0. The van der Waals surface area contributed by atoms with Gasteiger partial charge in [-0.15, -0.1) is 0 Å². The van der Waals surface area contributed by atoms with Crippen molar-refractivity contribution in [2.75, 3.05) is 0 Å². The van der Waals surface area contributed by atoms with Gasteiger partial charge in [0, 0.05) is 31.5 Å². The molecule has 0 aromatic heterocycles. The summed E-state index contributed by atoms with van der Waals surface area (Å²) in [6, 6.07) is 19.8. The lowest BCUT2D eigenvalue weighted by molar-refractivity contribution is -0.0194. The summed E-state index contributed by atoms with van der Waals surface area (Å²) in [4.78, 5) is 0. The maximum Gasteiger partial charge on any atom is 0.215 e. The van der Waals surface area contributed by atoms with Crippen LogP contribution in [0.25, 0.3) is 0 Å². The van der Waals surface area contributed by atoms with Crippen LogP contribution in [-0.2, 0) is 0 Å². The van der Waals surface area contributed by atoms with Crippen LogP contribution in [-0.4, -0.2) is 10.7 Å². The number of hydrogen-bond acceptors (Lipinski definition) is 3. The van der Waals surface area contributed by atoms with Crippen molar-refractivity contribution in [2.45, 2.75) is 18.7 Å². The molecule has 7 heteroatoms. The zero-order valence-electron chi connectivity index (χ0n) is 14.9. The van der Waals surface area contributed by atoms with E-state index in [1.807, 2.05) is 47.5 Å². The summed E-state index contributed by atoms with van der Waals surface area (Å²) in [5.41, 5.74) is 4.05. The molecule has 3 aromatic rings. The first-order valence-electron chi connectivity index (χ1n) is 9.03. The van der Waals surface area contributed by atoms with E-state index in [1.54, 1.807) is 6.07 Å². The van der Waals surface area contributed by atoms with Crippen LogP contribution in [0.4, 0.5) is 0 Å². The van der Waals surface area contributed by atoms with Crippen LogP contribution in [0.1, 0.15) is 35.4 Å². The van der Waals surface area contributed by atoms with Crippen molar-refractivity contribution >= 4 is 60.8 Å². The second kappa shape index (κ2) is 7.62. The molecule has 5 rings (SSSR count). The molecule has 0 saturated heterocycles. The van der Waals surface area contributed by atoms with Crippen LogP contribution >= 0.6 is 55.1 Å². The minimum absolute atomic E-state index is 0.00861. The number of hydrazone groups is 1. The van der Waals surface area contributed by atoms with Crippen molar-refractivity contribution in [1.29, 1.82) is 0 Å². The Kier molecular flexibility index (Phi) is 5.11. The van der Waals surface area contributed by atoms with Crippen LogP contribution in [0, 0.1) is 0 Å². The predicted molar refractivity (Wildman–Crippen MR) is 124 cm³/mol. The van der Waals surface area contributed by atoms with Crippen molar-refractivity contribution in [3.8, 4) is 5.75 Å². The maximum atomic E-state index is 6.52. The van der Waals surface area contributed by atoms with Gasteiger partial charge in [-0.25, -0.2) is 5.01 Å². The van der Waals surface area contributed by atoms with Crippen LogP contribution < -0.4 is 4.74 Å². The number of hydrogen-bond donors (Lipinski definition) is 0. The molecule has 29 heavy (non-hydrogen) atoms. The van der Waals surface area contributed by atoms with Crippen molar-refractivity contribution in [2.24, 2.45) is 5.10 Å². The second-order valence-corrected chi connectivity index (χ2v) is 9.56. The number of rotatable bonds is 2. The molecular weight excluding hydrogens is 539 g/mol. The van der Waals surface area contributed by atoms with Crippen molar-refractivity contribution in [3.63, 3.8) is 0 Å². The maximum absolute atomic E-state index is 6.52. The third-order valence-electron chi connectivity index (χ3n) is 5.16. The predicted octanol–water partition coefficient (Wildman–Crippen LogP) is 7.76. The lowest BCUT2D eigenvalue weighted by atomic mass is 9.96. The first kappa shape index (κ1) is 19.4. The highest BCUT2D eigenvalue weighted by Gasteiger charge is 2.42. The monoisotopic (exact) mass is 550 g/mol. The van der Waals surface area contributed by atoms with Gasteiger partial charge in [0.15, 0.2) is 0 Å². The highest BCUT2D eigenvalue weighted by Crippen LogP contribution is 2.51. The molecule has 0 saturated carbocycles. The van der Waals surface area contributed by atoms with E-state index in [9.17, 15) is 0 Å². The van der Waals surface area contributed by atoms with Crippen molar-refractivity contribution < 1.29 is 4.74 Å². The summed E-state index contributed by atoms with van der Waals surface area (Å²) in [7, 11) is 0. The molecule has 0 aliphatic carbocycles. The van der Waals surface area contributed by atoms with Gasteiger partial charge < -0.3 is 4.74 Å². The van der Waals surface area contributed by atoms with Gasteiger partial charge in [-0.1, -0.05) is 85.4 Å². The molecule has 0 N–H and O–H groups in total. The minimum Gasteiger partial charge on any atom is -0.463 e. The van der Waals surface area contributed by atoms with Crippen molar-refractivity contribution in [1.82, 2.24) is 5.01 Å². The fraction of sp³-hybridized carbons (Fsp3) is 0.136. The molecule has 2 heterocycles. The quantitative estimate of drug-likeness (QED) is 0.324. The molecule has 3 aromatic carbocycles. The standard InChI is InChI=1S/C22H14Br2Cl2N2O/c23-13-7-5-12(6-8-13)19-11-20-16-9-14(25)10-18(26)21(16)29-22(28(20)27-19)15-3-1-2-4-17(15)24/h1-10,20,22H,11H2/t20-,22+/m1/s1. The molecule has 0 fully saturated rings. The molecule has 0 radical (unpaired) electrons. The van der Waals surface area contributed by atoms with E-state index in [4.69, 9.17) is 33.0 Å². The van der Waals surface area contributed by atoms with E-state index < -0.39 is 6.23 Å². The fourth-order valence-corrected chi connectivity index (χ4v) is 5.11. The average molecular weight is 553 g/mol. The van der Waals surface area contributed by atoms with Crippen LogP contribution in [0.3, 0.4) is 0 Å². The number of benzene rings is 3. The first-order chi connectivity index (χ1) is 14.0. The summed E-state index contributed by atoms with van der Waals surface area (Å²) in [5, 5.41) is 8.10. The molecule has 0 bridgehead atoms. The van der Waals surface area contributed by atoms with E-state index in [0.29, 0.717) is 15.8 Å². The summed E-state index contributed by atoms with van der Waals surface area (Å²) in [5.74, 6) is 0.672. The van der Waals surface area contributed by atoms with Gasteiger partial charge >= 0.3 is 0 Å². The Bertz CT molecular complexity index is 1130. The van der Waals surface area contributed by atoms with Crippen LogP contribution in [0.15, 0.2) is 74.7 Å². The lowest BCUT2D eigenvalue weighted by Gasteiger charge is -2.39. The van der Waals surface area contributed by atoms with Gasteiger partial charge in [-0.3, -0.25) is 0 Å². The molecule has 2 aliphatic heterocycles. The Labute approximate surface area is 195 Å². The van der Waals surface area contributed by atoms with Gasteiger partial charge in [0.2, 0.25) is 6.23 Å². The van der Waals surface area contributed by atoms with Gasteiger partial charge in [-0.2, -0.15) is 5.10 Å². The highest BCUT2D eigenvalue weighted by molar-refractivity contribution is 9.10. The van der Waals surface area contributed by atoms with Gasteiger partial charge in [-0.05, 0) is 35.9 Å². The number of fused-ring (bicyclic) bond motifs is 3. The summed E-state index contributed by atoms with van der Waals surface area (Å²) in [6.07, 6.45) is 0.352. The average Bonchev–Trinajstić information content (AvgIpc) is 3.14. The molecule has 2 aliphatic rings. The van der Waals surface area contributed by atoms with E-state index >= 15 is 0 Å². The highest BCUT2D eigenvalue weighted by atomic mass is 79.9. The van der Waals surface area contributed by atoms with Gasteiger partial charge in [0.05, 0.1) is 16.8 Å². The Morgan fingerprint density at radius 3 is 2.48 bits per heavy atom. The lowest BCUT2D eigenvalue weighted by Crippen LogP contribution is -2.34. The number of nitrogens with zero attached hydrogens (tertiary/aromatic N) is 2. The molecule has 2 atom stereocenters. The van der Waals surface area contributed by atoms with Gasteiger partial charge in [0.25, 0.3) is 0 Å². The van der Waals surface area contributed by atoms with Crippen molar-refractivity contribution in [3.05, 3.63) is 96.3 Å². The Morgan fingerprint density at radius 2 is 1.72 bits per heavy atom. The smallest absolute Gasteiger partial charge is 0.215 e. The zero-order valence-corrected chi connectivity index (χ0v) is 19.6. The number of ether oxygens (including phenoxy) is 1. The molecule has 0 unspecified atom stereocenters. The summed E-state index contributed by atoms with van der Waals surface area (Å²) in [6.45, 7) is 0. The van der Waals surface area contributed by atoms with E-state index in [-0.39, 0.29) is 6.04 Å². The SMILES string of the molecule is Clc1cc(Cl)c2c(c1)[C@H]1CC(c3ccc(Br)cc3)=NN1[C@H](c1ccccc1Br)O2. The molecule has 146 valence electrons. The van der Waals surface area contributed by atoms with Crippen LogP contribution in [0.2, 0.25) is 10.0 Å². The van der Waals surface area contributed by atoms with Crippen LogP contribution in [0.5, 0.6) is 5.75 Å². The third-order valence-corrected chi connectivity index (χ3v) is 6.91. The third kappa shape index (κ3) is 3.48. The molecular formula is C22H14Br2Cl2N2O. The zero-order chi connectivity index (χ0) is 20.1. The topological polar surface area (TPSA) is 24.8 Å². The molecule has 0 amide bonds. The van der Waals surface area contributed by atoms with Gasteiger partial charge in [0.1, 0.15) is 5.75 Å². The van der Waals surface area contributed by atoms with E-state index in [0.717, 1.165) is 37.8 Å². The second-order valence-electron chi connectivity index (χ2n) is 6.95. The first-order valence-corrected chi connectivity index (χ1v) is 11.4. The fourth-order valence-electron chi connectivity index (χ4n) is 3.81. The Morgan fingerprint density at radius 1 is 0.966 bits per heavy atom. The number of halogens is 4. The summed E-state index contributed by atoms with van der Waals surface area (Å²) >= 11 is 20.0. The minimum atomic E-state index is -0.394. The Hall–Kier alpha value is -1.53. The Balaban J connectivity index is 1.65. The molecule has 0 spiro atoms. The summed E-state index contributed by atoms with van der Waals surface area (Å²) < 4.78 is 8.39. The van der Waals surface area contributed by atoms with E-state index in [1.165, 1.54) is 0 Å².